The second-order valence-electron chi connectivity index (χ2n) is 7.04. The monoisotopic (exact) mass is 352 g/mol. The molecular weight excluding hydrogens is 312 g/mol. The Morgan fingerprint density at radius 2 is 1.08 bits per heavy atom. The van der Waals surface area contributed by atoms with E-state index in [9.17, 15) is 9.59 Å². The number of esters is 1. The zero-order chi connectivity index (χ0) is 18.6. The minimum atomic E-state index is -0.172. The highest BCUT2D eigenvalue weighted by molar-refractivity contribution is 5.78. The van der Waals surface area contributed by atoms with Crippen LogP contribution in [0.25, 0.3) is 0 Å². The Morgan fingerprint density at radius 1 is 0.680 bits per heavy atom. The van der Waals surface area contributed by atoms with Crippen LogP contribution in [0.15, 0.2) is 12.8 Å². The van der Waals surface area contributed by atoms with Gasteiger partial charge in [-0.2, -0.15) is 0 Å². The van der Waals surface area contributed by atoms with Crippen LogP contribution in [0.5, 0.6) is 0 Å². The summed E-state index contributed by atoms with van der Waals surface area (Å²) >= 11 is 0. The molecular formula is C22H40O3. The maximum atomic E-state index is 11.7. The third-order valence-electron chi connectivity index (χ3n) is 4.61. The third kappa shape index (κ3) is 19.1. The second-order valence-corrected chi connectivity index (χ2v) is 7.04. The Labute approximate surface area is 155 Å². The van der Waals surface area contributed by atoms with E-state index in [4.69, 9.17) is 0 Å². The average molecular weight is 353 g/mol. The van der Waals surface area contributed by atoms with Gasteiger partial charge in [-0.3, -0.25) is 9.59 Å². The molecule has 0 heterocycles. The molecule has 0 aliphatic rings. The fourth-order valence-electron chi connectivity index (χ4n) is 3.03. The summed E-state index contributed by atoms with van der Waals surface area (Å²) in [7, 11) is 0. The topological polar surface area (TPSA) is 43.4 Å². The van der Waals surface area contributed by atoms with Gasteiger partial charge in [0.2, 0.25) is 0 Å². The first-order valence-corrected chi connectivity index (χ1v) is 10.5. The summed E-state index contributed by atoms with van der Waals surface area (Å²) in [5.41, 5.74) is 0. The molecule has 0 N–H and O–H groups in total. The molecule has 0 aliphatic heterocycles. The maximum Gasteiger partial charge on any atom is 0.310 e. The Hall–Kier alpha value is -1.12. The smallest absolute Gasteiger partial charge is 0.310 e. The number of hydrogen-bond acceptors (Lipinski definition) is 3. The van der Waals surface area contributed by atoms with Crippen molar-refractivity contribution in [3.05, 3.63) is 12.8 Å². The molecule has 25 heavy (non-hydrogen) atoms. The van der Waals surface area contributed by atoms with Crippen LogP contribution in [0, 0.1) is 0 Å². The number of unbranched alkanes of at least 4 members (excludes halogenated alkanes) is 12. The van der Waals surface area contributed by atoms with Gasteiger partial charge in [0.05, 0.1) is 6.26 Å². The van der Waals surface area contributed by atoms with E-state index in [1.807, 2.05) is 0 Å². The first-order chi connectivity index (χ1) is 12.2. The predicted molar refractivity (Wildman–Crippen MR) is 105 cm³/mol. The van der Waals surface area contributed by atoms with Crippen molar-refractivity contribution < 1.29 is 14.3 Å². The van der Waals surface area contributed by atoms with E-state index in [2.05, 4.69) is 18.2 Å². The molecule has 3 heteroatoms. The Bertz CT molecular complexity index is 336. The van der Waals surface area contributed by atoms with Gasteiger partial charge in [0.1, 0.15) is 5.78 Å². The van der Waals surface area contributed by atoms with Crippen molar-refractivity contribution in [2.45, 2.75) is 116 Å². The molecule has 0 saturated heterocycles. The number of ether oxygens (including phenoxy) is 1. The van der Waals surface area contributed by atoms with E-state index in [1.165, 1.54) is 70.5 Å². The molecule has 0 aromatic heterocycles. The minimum Gasteiger partial charge on any atom is -0.435 e. The lowest BCUT2D eigenvalue weighted by Gasteiger charge is -2.03. The molecule has 0 amide bonds. The first-order valence-electron chi connectivity index (χ1n) is 10.5. The zero-order valence-corrected chi connectivity index (χ0v) is 16.5. The molecule has 0 aromatic carbocycles. The zero-order valence-electron chi connectivity index (χ0n) is 16.5. The summed E-state index contributed by atoms with van der Waals surface area (Å²) in [6, 6.07) is 0. The van der Waals surface area contributed by atoms with Crippen molar-refractivity contribution in [3.63, 3.8) is 0 Å². The minimum absolute atomic E-state index is 0.172. The van der Waals surface area contributed by atoms with Gasteiger partial charge in [-0.15, -0.1) is 0 Å². The average Bonchev–Trinajstić information content (AvgIpc) is 2.60. The van der Waals surface area contributed by atoms with Gasteiger partial charge in [-0.25, -0.2) is 0 Å². The second kappa shape index (κ2) is 19.2. The quantitative estimate of drug-likeness (QED) is 0.144. The van der Waals surface area contributed by atoms with E-state index in [1.54, 1.807) is 0 Å². The van der Waals surface area contributed by atoms with Gasteiger partial charge in [0, 0.05) is 19.3 Å². The van der Waals surface area contributed by atoms with E-state index in [0.717, 1.165) is 38.5 Å². The summed E-state index contributed by atoms with van der Waals surface area (Å²) in [6.45, 7) is 5.57. The first kappa shape index (κ1) is 23.9. The van der Waals surface area contributed by atoms with Gasteiger partial charge >= 0.3 is 5.97 Å². The summed E-state index contributed by atoms with van der Waals surface area (Å²) in [6.07, 6.45) is 20.0. The molecule has 0 aromatic rings. The highest BCUT2D eigenvalue weighted by Gasteiger charge is 2.02. The highest BCUT2D eigenvalue weighted by atomic mass is 16.5. The molecule has 0 unspecified atom stereocenters. The van der Waals surface area contributed by atoms with Gasteiger partial charge in [0.25, 0.3) is 0 Å². The number of carbonyl (C=O) groups is 2. The number of ketones is 1. The van der Waals surface area contributed by atoms with Crippen LogP contribution < -0.4 is 0 Å². The van der Waals surface area contributed by atoms with Crippen LogP contribution >= 0.6 is 0 Å². The number of rotatable bonds is 19. The lowest BCUT2D eigenvalue weighted by atomic mass is 10.0. The Balaban J connectivity index is 3.17. The van der Waals surface area contributed by atoms with E-state index in [0.29, 0.717) is 12.2 Å². The van der Waals surface area contributed by atoms with Crippen LogP contribution in [-0.2, 0) is 14.3 Å². The van der Waals surface area contributed by atoms with Crippen LogP contribution in [0.3, 0.4) is 0 Å². The lowest BCUT2D eigenvalue weighted by molar-refractivity contribution is -0.138. The summed E-state index contributed by atoms with van der Waals surface area (Å²) < 4.78 is 4.68. The molecule has 0 aliphatic carbocycles. The van der Waals surface area contributed by atoms with Crippen LogP contribution in [0.4, 0.5) is 0 Å². The SMILES string of the molecule is C=COC(=O)CCCCCCCCCCCCC(=O)CCCCCC. The molecule has 0 radical (unpaired) electrons. The summed E-state index contributed by atoms with van der Waals surface area (Å²) in [5, 5.41) is 0. The largest absolute Gasteiger partial charge is 0.435 e. The van der Waals surface area contributed by atoms with Crippen molar-refractivity contribution in [2.75, 3.05) is 0 Å². The van der Waals surface area contributed by atoms with Crippen LogP contribution in [-0.4, -0.2) is 11.8 Å². The van der Waals surface area contributed by atoms with E-state index < -0.39 is 0 Å². The van der Waals surface area contributed by atoms with Crippen molar-refractivity contribution in [3.8, 4) is 0 Å². The van der Waals surface area contributed by atoms with E-state index in [-0.39, 0.29) is 5.97 Å². The molecule has 0 saturated carbocycles. The van der Waals surface area contributed by atoms with Gasteiger partial charge in [0.15, 0.2) is 0 Å². The van der Waals surface area contributed by atoms with Gasteiger partial charge < -0.3 is 4.74 Å². The van der Waals surface area contributed by atoms with Crippen molar-refractivity contribution >= 4 is 11.8 Å². The van der Waals surface area contributed by atoms with Crippen LogP contribution in [0.1, 0.15) is 116 Å². The Morgan fingerprint density at radius 3 is 1.52 bits per heavy atom. The fraction of sp³-hybridized carbons (Fsp3) is 0.818. The molecule has 146 valence electrons. The normalized spacial score (nSPS) is 10.6. The predicted octanol–water partition coefficient (Wildman–Crippen LogP) is 6.89. The standard InChI is InChI=1S/C22H40O3/c1-3-5-6-15-18-21(23)19-16-13-11-9-7-8-10-12-14-17-20-22(24)25-4-2/h4H,2-3,5-20H2,1H3. The van der Waals surface area contributed by atoms with Crippen molar-refractivity contribution in [1.82, 2.24) is 0 Å². The molecule has 3 nitrogen and oxygen atoms in total. The van der Waals surface area contributed by atoms with Crippen molar-refractivity contribution in [1.29, 1.82) is 0 Å². The van der Waals surface area contributed by atoms with Crippen molar-refractivity contribution in [2.24, 2.45) is 0 Å². The van der Waals surface area contributed by atoms with Gasteiger partial charge in [-0.05, 0) is 19.3 Å². The summed E-state index contributed by atoms with van der Waals surface area (Å²) in [4.78, 5) is 22.8. The maximum absolute atomic E-state index is 11.7. The molecule has 0 atom stereocenters. The summed E-state index contributed by atoms with van der Waals surface area (Å²) in [5.74, 6) is 0.294. The van der Waals surface area contributed by atoms with Crippen LogP contribution in [0.2, 0.25) is 0 Å². The molecule has 0 fully saturated rings. The highest BCUT2D eigenvalue weighted by Crippen LogP contribution is 2.13. The molecule has 0 spiro atoms. The molecule has 0 rings (SSSR count). The number of hydrogen-bond donors (Lipinski definition) is 0. The fourth-order valence-corrected chi connectivity index (χ4v) is 3.03. The Kier molecular flexibility index (Phi) is 18.3. The lowest BCUT2D eigenvalue weighted by Crippen LogP contribution is -1.98. The molecule has 0 bridgehead atoms. The van der Waals surface area contributed by atoms with Gasteiger partial charge in [-0.1, -0.05) is 84.1 Å². The number of carbonyl (C=O) groups excluding carboxylic acids is 2. The third-order valence-corrected chi connectivity index (χ3v) is 4.61. The number of Topliss-reactive ketones (excluding diaryl/α,β-unsaturated/α-hetero) is 1. The van der Waals surface area contributed by atoms with E-state index >= 15 is 0 Å².